The van der Waals surface area contributed by atoms with Crippen molar-refractivity contribution >= 4 is 11.6 Å². The highest BCUT2D eigenvalue weighted by Gasteiger charge is 2.37. The van der Waals surface area contributed by atoms with Gasteiger partial charge in [0.2, 0.25) is 5.91 Å². The van der Waals surface area contributed by atoms with E-state index in [1.54, 1.807) is 0 Å². The van der Waals surface area contributed by atoms with Crippen LogP contribution >= 0.6 is 0 Å². The highest BCUT2D eigenvalue weighted by atomic mass is 16.5. The van der Waals surface area contributed by atoms with Crippen molar-refractivity contribution in [3.05, 3.63) is 24.3 Å². The fourth-order valence-electron chi connectivity index (χ4n) is 2.51. The molecule has 0 heterocycles. The lowest BCUT2D eigenvalue weighted by molar-refractivity contribution is -0.119. The van der Waals surface area contributed by atoms with Crippen molar-refractivity contribution in [2.45, 2.75) is 32.6 Å². The summed E-state index contributed by atoms with van der Waals surface area (Å²) >= 11 is 0. The van der Waals surface area contributed by atoms with Gasteiger partial charge in [-0.25, -0.2) is 0 Å². The average Bonchev–Trinajstić information content (AvgIpc) is 2.35. The molecule has 1 saturated carbocycles. The minimum atomic E-state index is 0.0406. The Balaban J connectivity index is 1.93. The number of carbonyl (C=O) groups excluding carboxylic acids is 1. The van der Waals surface area contributed by atoms with Gasteiger partial charge < -0.3 is 15.8 Å². The molecular formula is C15H22N2O2. The van der Waals surface area contributed by atoms with E-state index in [1.807, 2.05) is 31.2 Å². The van der Waals surface area contributed by atoms with Gasteiger partial charge in [-0.1, -0.05) is 12.5 Å². The number of hydrogen-bond donors (Lipinski definition) is 2. The average molecular weight is 262 g/mol. The Bertz CT molecular complexity index is 436. The molecule has 0 radical (unpaired) electrons. The van der Waals surface area contributed by atoms with Gasteiger partial charge in [-0.15, -0.1) is 0 Å². The van der Waals surface area contributed by atoms with Gasteiger partial charge in [0, 0.05) is 18.2 Å². The molecule has 1 aliphatic rings. The quantitative estimate of drug-likeness (QED) is 0.828. The van der Waals surface area contributed by atoms with Gasteiger partial charge in [0.15, 0.2) is 0 Å². The molecule has 1 aromatic rings. The van der Waals surface area contributed by atoms with E-state index >= 15 is 0 Å². The number of ether oxygens (including phenoxy) is 1. The van der Waals surface area contributed by atoms with E-state index in [4.69, 9.17) is 10.5 Å². The van der Waals surface area contributed by atoms with E-state index in [1.165, 1.54) is 6.42 Å². The van der Waals surface area contributed by atoms with E-state index in [2.05, 4.69) is 5.32 Å². The molecule has 4 heteroatoms. The lowest BCUT2D eigenvalue weighted by Crippen LogP contribution is -2.40. The first kappa shape index (κ1) is 13.9. The van der Waals surface area contributed by atoms with Gasteiger partial charge >= 0.3 is 0 Å². The second kappa shape index (κ2) is 6.06. The van der Waals surface area contributed by atoms with Crippen molar-refractivity contribution < 1.29 is 9.53 Å². The first-order chi connectivity index (χ1) is 9.17. The highest BCUT2D eigenvalue weighted by molar-refractivity contribution is 5.91. The number of hydrogen-bond acceptors (Lipinski definition) is 3. The predicted molar refractivity (Wildman–Crippen MR) is 76.2 cm³/mol. The number of amides is 1. The summed E-state index contributed by atoms with van der Waals surface area (Å²) in [5, 5.41) is 2.92. The van der Waals surface area contributed by atoms with Crippen LogP contribution in [0.5, 0.6) is 5.75 Å². The first-order valence-electron chi connectivity index (χ1n) is 6.90. The number of benzene rings is 1. The molecule has 1 aliphatic carbocycles. The van der Waals surface area contributed by atoms with E-state index in [9.17, 15) is 4.79 Å². The van der Waals surface area contributed by atoms with E-state index in [0.717, 1.165) is 24.3 Å². The lowest BCUT2D eigenvalue weighted by atomic mass is 9.66. The summed E-state index contributed by atoms with van der Waals surface area (Å²) in [6.07, 6.45) is 3.83. The maximum atomic E-state index is 12.0. The zero-order valence-electron chi connectivity index (χ0n) is 11.4. The molecule has 0 saturated heterocycles. The Labute approximate surface area is 114 Å². The van der Waals surface area contributed by atoms with Crippen molar-refractivity contribution in [2.75, 3.05) is 18.5 Å². The van der Waals surface area contributed by atoms with Crippen LogP contribution in [0.1, 0.15) is 32.6 Å². The molecule has 3 N–H and O–H groups in total. The molecule has 19 heavy (non-hydrogen) atoms. The van der Waals surface area contributed by atoms with Crippen molar-refractivity contribution in [3.8, 4) is 5.75 Å². The summed E-state index contributed by atoms with van der Waals surface area (Å²) in [4.78, 5) is 12.0. The maximum Gasteiger partial charge on any atom is 0.224 e. The van der Waals surface area contributed by atoms with Crippen LogP contribution in [0.25, 0.3) is 0 Å². The third-order valence-corrected chi connectivity index (χ3v) is 3.81. The Morgan fingerprint density at radius 2 is 2.26 bits per heavy atom. The van der Waals surface area contributed by atoms with Crippen LogP contribution in [0.3, 0.4) is 0 Å². The van der Waals surface area contributed by atoms with Crippen molar-refractivity contribution in [1.29, 1.82) is 0 Å². The van der Waals surface area contributed by atoms with Crippen molar-refractivity contribution in [1.82, 2.24) is 0 Å². The highest BCUT2D eigenvalue weighted by Crippen LogP contribution is 2.43. The van der Waals surface area contributed by atoms with Crippen LogP contribution in [0, 0.1) is 5.41 Å². The smallest absolute Gasteiger partial charge is 0.224 e. The van der Waals surface area contributed by atoms with Crippen molar-refractivity contribution in [3.63, 3.8) is 0 Å². The molecule has 0 aliphatic heterocycles. The molecule has 1 fully saturated rings. The second-order valence-corrected chi connectivity index (χ2v) is 5.24. The van der Waals surface area contributed by atoms with Crippen LogP contribution in [0.2, 0.25) is 0 Å². The third-order valence-electron chi connectivity index (χ3n) is 3.81. The summed E-state index contributed by atoms with van der Waals surface area (Å²) in [5.74, 6) is 0.816. The molecule has 1 aromatic carbocycles. The van der Waals surface area contributed by atoms with Gasteiger partial charge in [-0.05, 0) is 43.9 Å². The maximum absolute atomic E-state index is 12.0. The van der Waals surface area contributed by atoms with E-state index in [0.29, 0.717) is 19.6 Å². The van der Waals surface area contributed by atoms with Gasteiger partial charge in [-0.2, -0.15) is 0 Å². The van der Waals surface area contributed by atoms with Gasteiger partial charge in [0.1, 0.15) is 5.75 Å². The Morgan fingerprint density at radius 1 is 1.47 bits per heavy atom. The molecule has 0 bridgehead atoms. The molecule has 0 spiro atoms. The minimum absolute atomic E-state index is 0.0406. The van der Waals surface area contributed by atoms with Crippen LogP contribution < -0.4 is 15.8 Å². The SMILES string of the molecule is CCOc1cccc(NC(=O)CC2(CN)CCC2)c1. The number of anilines is 1. The largest absolute Gasteiger partial charge is 0.494 e. The van der Waals surface area contributed by atoms with E-state index in [-0.39, 0.29) is 11.3 Å². The molecule has 104 valence electrons. The topological polar surface area (TPSA) is 64.3 Å². The standard InChI is InChI=1S/C15H22N2O2/c1-2-19-13-6-3-5-12(9-13)17-14(18)10-15(11-16)7-4-8-15/h3,5-6,9H,2,4,7-8,10-11,16H2,1H3,(H,17,18). The Hall–Kier alpha value is -1.55. The second-order valence-electron chi connectivity index (χ2n) is 5.24. The summed E-state index contributed by atoms with van der Waals surface area (Å²) in [5.41, 5.74) is 6.60. The van der Waals surface area contributed by atoms with Gasteiger partial charge in [0.05, 0.1) is 6.61 Å². The van der Waals surface area contributed by atoms with Gasteiger partial charge in [0.25, 0.3) is 0 Å². The van der Waals surface area contributed by atoms with Gasteiger partial charge in [-0.3, -0.25) is 4.79 Å². The first-order valence-corrected chi connectivity index (χ1v) is 6.90. The predicted octanol–water partition coefficient (Wildman–Crippen LogP) is 2.54. The van der Waals surface area contributed by atoms with Crippen LogP contribution in [0.4, 0.5) is 5.69 Å². The third kappa shape index (κ3) is 3.47. The summed E-state index contributed by atoms with van der Waals surface area (Å²) < 4.78 is 5.41. The molecule has 0 aromatic heterocycles. The van der Waals surface area contributed by atoms with Crippen LogP contribution in [-0.2, 0) is 4.79 Å². The number of nitrogens with one attached hydrogen (secondary N) is 1. The summed E-state index contributed by atoms with van der Waals surface area (Å²) in [6.45, 7) is 3.15. The molecular weight excluding hydrogens is 240 g/mol. The molecule has 0 unspecified atom stereocenters. The van der Waals surface area contributed by atoms with Crippen LogP contribution in [0.15, 0.2) is 24.3 Å². The summed E-state index contributed by atoms with van der Waals surface area (Å²) in [7, 11) is 0. The zero-order valence-corrected chi connectivity index (χ0v) is 11.4. The normalized spacial score (nSPS) is 16.5. The number of nitrogens with two attached hydrogens (primary N) is 1. The molecule has 2 rings (SSSR count). The molecule has 0 atom stereocenters. The van der Waals surface area contributed by atoms with E-state index < -0.39 is 0 Å². The monoisotopic (exact) mass is 262 g/mol. The van der Waals surface area contributed by atoms with Crippen molar-refractivity contribution in [2.24, 2.45) is 11.1 Å². The lowest BCUT2D eigenvalue weighted by Gasteiger charge is -2.40. The number of rotatable bonds is 6. The fourth-order valence-corrected chi connectivity index (χ4v) is 2.51. The Morgan fingerprint density at radius 3 is 2.84 bits per heavy atom. The minimum Gasteiger partial charge on any atom is -0.494 e. The zero-order chi connectivity index (χ0) is 13.7. The molecule has 4 nitrogen and oxygen atoms in total. The Kier molecular flexibility index (Phi) is 4.43. The summed E-state index contributed by atoms with van der Waals surface area (Å²) in [6, 6.07) is 7.47. The molecule has 1 amide bonds. The number of carbonyl (C=O) groups is 1. The fraction of sp³-hybridized carbons (Fsp3) is 0.533. The van der Waals surface area contributed by atoms with Crippen LogP contribution in [-0.4, -0.2) is 19.1 Å².